The fraction of sp³-hybridized carbons (Fsp3) is 0.867. The summed E-state index contributed by atoms with van der Waals surface area (Å²) in [6.45, 7) is 11.7. The fourth-order valence-corrected chi connectivity index (χ4v) is 1.28. The molecule has 1 saturated heterocycles. The van der Waals surface area contributed by atoms with Crippen LogP contribution in [-0.2, 0) is 9.59 Å². The second-order valence-electron chi connectivity index (χ2n) is 5.88. The maximum atomic E-state index is 10.9. The SMILES string of the molecule is CC(C)C=O.CN1CCN(C)C(=O)C1.CNCC(C)C. The Morgan fingerprint density at radius 3 is 1.90 bits per heavy atom. The van der Waals surface area contributed by atoms with Crippen molar-refractivity contribution in [3.8, 4) is 0 Å². The van der Waals surface area contributed by atoms with Gasteiger partial charge in [-0.25, -0.2) is 0 Å². The predicted octanol–water partition coefficient (Wildman–Crippen LogP) is 1.09. The standard InChI is InChI=1S/C6H12N2O.C5H13N.C4H8O/c1-7-3-4-8(2)6(9)5-7;1-5(2)4-6-3;1-4(2)3-5/h3-5H2,1-2H3;5-6H,4H2,1-3H3;3-4H,1-2H3. The highest BCUT2D eigenvalue weighted by molar-refractivity contribution is 5.78. The normalized spacial score (nSPS) is 15.4. The van der Waals surface area contributed by atoms with Crippen molar-refractivity contribution in [1.82, 2.24) is 15.1 Å². The van der Waals surface area contributed by atoms with Crippen molar-refractivity contribution in [2.45, 2.75) is 27.7 Å². The van der Waals surface area contributed by atoms with Crippen LogP contribution in [0.2, 0.25) is 0 Å². The molecule has 0 aromatic rings. The molecule has 20 heavy (non-hydrogen) atoms. The van der Waals surface area contributed by atoms with Crippen molar-refractivity contribution in [2.75, 3.05) is 47.3 Å². The summed E-state index contributed by atoms with van der Waals surface area (Å²) in [5, 5.41) is 3.07. The molecule has 0 saturated carbocycles. The molecule has 1 rings (SSSR count). The molecule has 0 atom stereocenters. The van der Waals surface area contributed by atoms with Gasteiger partial charge < -0.3 is 15.0 Å². The van der Waals surface area contributed by atoms with Gasteiger partial charge in [0.05, 0.1) is 6.54 Å². The molecule has 0 aromatic carbocycles. The van der Waals surface area contributed by atoms with E-state index >= 15 is 0 Å². The van der Waals surface area contributed by atoms with Gasteiger partial charge in [-0.05, 0) is 26.6 Å². The van der Waals surface area contributed by atoms with E-state index < -0.39 is 0 Å². The minimum absolute atomic E-state index is 0.204. The Morgan fingerprint density at radius 1 is 1.20 bits per heavy atom. The van der Waals surface area contributed by atoms with E-state index in [9.17, 15) is 9.59 Å². The van der Waals surface area contributed by atoms with E-state index in [-0.39, 0.29) is 11.8 Å². The quantitative estimate of drug-likeness (QED) is 0.790. The minimum Gasteiger partial charge on any atom is -0.343 e. The van der Waals surface area contributed by atoms with Crippen molar-refractivity contribution in [3.05, 3.63) is 0 Å². The summed E-state index contributed by atoms with van der Waals surface area (Å²) in [5.41, 5.74) is 0. The lowest BCUT2D eigenvalue weighted by molar-refractivity contribution is -0.133. The number of hydrogen-bond acceptors (Lipinski definition) is 4. The van der Waals surface area contributed by atoms with Crippen LogP contribution >= 0.6 is 0 Å². The van der Waals surface area contributed by atoms with Gasteiger partial charge >= 0.3 is 0 Å². The van der Waals surface area contributed by atoms with Gasteiger partial charge in [0.25, 0.3) is 0 Å². The first-order valence-corrected chi connectivity index (χ1v) is 7.26. The molecule has 5 nitrogen and oxygen atoms in total. The molecule has 0 aromatic heterocycles. The number of carbonyl (C=O) groups is 2. The Labute approximate surface area is 124 Å². The summed E-state index contributed by atoms with van der Waals surface area (Å²) in [7, 11) is 5.78. The van der Waals surface area contributed by atoms with Crippen molar-refractivity contribution in [2.24, 2.45) is 11.8 Å². The molecule has 1 fully saturated rings. The molecule has 1 aliphatic heterocycles. The van der Waals surface area contributed by atoms with Crippen LogP contribution in [0.3, 0.4) is 0 Å². The van der Waals surface area contributed by atoms with E-state index in [1.807, 2.05) is 39.9 Å². The maximum absolute atomic E-state index is 10.9. The van der Waals surface area contributed by atoms with E-state index in [2.05, 4.69) is 19.2 Å². The molecule has 1 N–H and O–H groups in total. The van der Waals surface area contributed by atoms with Gasteiger partial charge in [-0.2, -0.15) is 0 Å². The Bertz CT molecular complexity index is 256. The highest BCUT2D eigenvalue weighted by Crippen LogP contribution is 1.95. The van der Waals surface area contributed by atoms with E-state index in [0.717, 1.165) is 31.8 Å². The van der Waals surface area contributed by atoms with Crippen molar-refractivity contribution in [1.29, 1.82) is 0 Å². The van der Waals surface area contributed by atoms with Gasteiger partial charge in [-0.15, -0.1) is 0 Å². The van der Waals surface area contributed by atoms with Gasteiger partial charge in [0, 0.05) is 26.1 Å². The van der Waals surface area contributed by atoms with Gasteiger partial charge in [0.2, 0.25) is 5.91 Å². The number of hydrogen-bond donors (Lipinski definition) is 1. The number of piperazine rings is 1. The van der Waals surface area contributed by atoms with E-state index in [0.29, 0.717) is 6.54 Å². The number of rotatable bonds is 3. The second kappa shape index (κ2) is 13.1. The molecule has 120 valence electrons. The van der Waals surface area contributed by atoms with Crippen LogP contribution < -0.4 is 5.32 Å². The van der Waals surface area contributed by atoms with Gasteiger partial charge in [-0.1, -0.05) is 27.7 Å². The molecule has 0 bridgehead atoms. The fourth-order valence-electron chi connectivity index (χ4n) is 1.28. The van der Waals surface area contributed by atoms with Crippen LogP contribution in [0.1, 0.15) is 27.7 Å². The summed E-state index contributed by atoms with van der Waals surface area (Å²) >= 11 is 0. The summed E-state index contributed by atoms with van der Waals surface area (Å²) < 4.78 is 0. The van der Waals surface area contributed by atoms with Crippen LogP contribution in [0.4, 0.5) is 0 Å². The summed E-state index contributed by atoms with van der Waals surface area (Å²) in [6.07, 6.45) is 0.917. The zero-order valence-electron chi connectivity index (χ0n) is 14.3. The lowest BCUT2D eigenvalue weighted by Gasteiger charge is -2.28. The number of aldehydes is 1. The van der Waals surface area contributed by atoms with Crippen LogP contribution in [0.25, 0.3) is 0 Å². The molecular weight excluding hydrogens is 254 g/mol. The number of amides is 1. The smallest absolute Gasteiger partial charge is 0.236 e. The van der Waals surface area contributed by atoms with Gasteiger partial charge in [0.15, 0.2) is 0 Å². The van der Waals surface area contributed by atoms with E-state index in [1.165, 1.54) is 0 Å². The van der Waals surface area contributed by atoms with Crippen LogP contribution in [-0.4, -0.2) is 69.3 Å². The summed E-state index contributed by atoms with van der Waals surface area (Å²) in [5.74, 6) is 1.22. The lowest BCUT2D eigenvalue weighted by Crippen LogP contribution is -2.46. The van der Waals surface area contributed by atoms with Crippen LogP contribution in [0.5, 0.6) is 0 Å². The molecule has 0 aliphatic carbocycles. The predicted molar refractivity (Wildman–Crippen MR) is 84.8 cm³/mol. The molecule has 0 radical (unpaired) electrons. The number of likely N-dealkylation sites (N-methyl/N-ethyl adjacent to an activating group) is 2. The Hall–Kier alpha value is -0.940. The Balaban J connectivity index is 0. The van der Waals surface area contributed by atoms with Crippen molar-refractivity contribution in [3.63, 3.8) is 0 Å². The first-order chi connectivity index (χ1) is 9.24. The molecule has 0 unspecified atom stereocenters. The van der Waals surface area contributed by atoms with Gasteiger partial charge in [0.1, 0.15) is 6.29 Å². The zero-order valence-corrected chi connectivity index (χ0v) is 14.3. The monoisotopic (exact) mass is 287 g/mol. The zero-order chi connectivity index (χ0) is 16.1. The maximum Gasteiger partial charge on any atom is 0.236 e. The Morgan fingerprint density at radius 2 is 1.70 bits per heavy atom. The first-order valence-electron chi connectivity index (χ1n) is 7.26. The average molecular weight is 287 g/mol. The summed E-state index contributed by atoms with van der Waals surface area (Å²) in [6, 6.07) is 0. The third-order valence-corrected chi connectivity index (χ3v) is 2.53. The number of nitrogens with one attached hydrogen (secondary N) is 1. The molecule has 5 heteroatoms. The average Bonchev–Trinajstić information content (AvgIpc) is 2.35. The third kappa shape index (κ3) is 15.1. The minimum atomic E-state index is 0.204. The van der Waals surface area contributed by atoms with Gasteiger partial charge in [-0.3, -0.25) is 9.69 Å². The highest BCUT2D eigenvalue weighted by Gasteiger charge is 2.16. The molecule has 0 spiro atoms. The Kier molecular flexibility index (Phi) is 14.0. The number of carbonyl (C=O) groups excluding carboxylic acids is 2. The molecular formula is C15H33N3O2. The molecule has 1 heterocycles. The first kappa shape index (κ1) is 21.4. The highest BCUT2D eigenvalue weighted by atomic mass is 16.2. The lowest BCUT2D eigenvalue weighted by atomic mass is 10.2. The largest absolute Gasteiger partial charge is 0.343 e. The van der Waals surface area contributed by atoms with Crippen LogP contribution in [0.15, 0.2) is 0 Å². The molecule has 1 amide bonds. The van der Waals surface area contributed by atoms with Crippen LogP contribution in [0, 0.1) is 11.8 Å². The van der Waals surface area contributed by atoms with E-state index in [4.69, 9.17) is 0 Å². The topological polar surface area (TPSA) is 52.7 Å². The van der Waals surface area contributed by atoms with Crippen molar-refractivity contribution >= 4 is 12.2 Å². The van der Waals surface area contributed by atoms with E-state index in [1.54, 1.807) is 4.90 Å². The molecule has 1 aliphatic rings. The summed E-state index contributed by atoms with van der Waals surface area (Å²) in [4.78, 5) is 24.2. The number of nitrogens with zero attached hydrogens (tertiary/aromatic N) is 2. The third-order valence-electron chi connectivity index (χ3n) is 2.53. The second-order valence-corrected chi connectivity index (χ2v) is 5.88. The van der Waals surface area contributed by atoms with Crippen molar-refractivity contribution < 1.29 is 9.59 Å².